The van der Waals surface area contributed by atoms with Crippen molar-refractivity contribution < 1.29 is 9.53 Å². The molecule has 2 aromatic carbocycles. The lowest BCUT2D eigenvalue weighted by Gasteiger charge is -2.08. The molecule has 0 aliphatic heterocycles. The molecular weight excluding hydrogens is 324 g/mol. The normalized spacial score (nSPS) is 11.1. The minimum absolute atomic E-state index is 0.374. The predicted octanol–water partition coefficient (Wildman–Crippen LogP) is 4.82. The number of methoxy groups -OCH3 is 1. The predicted molar refractivity (Wildman–Crippen MR) is 95.4 cm³/mol. The maximum Gasteiger partial charge on any atom is 0.337 e. The van der Waals surface area contributed by atoms with E-state index in [1.54, 1.807) is 12.1 Å². The minimum Gasteiger partial charge on any atom is -0.465 e. The van der Waals surface area contributed by atoms with Gasteiger partial charge in [-0.25, -0.2) is 9.78 Å². The van der Waals surface area contributed by atoms with E-state index >= 15 is 0 Å². The Bertz CT molecular complexity index is 1070. The zero-order valence-corrected chi connectivity index (χ0v) is 13.6. The molecule has 4 rings (SSSR count). The second-order valence-electron chi connectivity index (χ2n) is 5.46. The maximum absolute atomic E-state index is 11.8. The number of nitrogens with zero attached hydrogens (tertiary/aromatic N) is 1. The number of ether oxygens (including phenoxy) is 1. The first kappa shape index (κ1) is 14.7. The van der Waals surface area contributed by atoms with Gasteiger partial charge in [0.2, 0.25) is 0 Å². The molecule has 24 heavy (non-hydrogen) atoms. The molecule has 0 atom stereocenters. The molecule has 0 saturated heterocycles. The first-order chi connectivity index (χ1) is 11.7. The van der Waals surface area contributed by atoms with Crippen LogP contribution < -0.4 is 0 Å². The van der Waals surface area contributed by atoms with E-state index in [1.165, 1.54) is 7.11 Å². The summed E-state index contributed by atoms with van der Waals surface area (Å²) in [5.41, 5.74) is 3.96. The molecule has 0 amide bonds. The van der Waals surface area contributed by atoms with E-state index in [0.717, 1.165) is 33.1 Å². The molecule has 2 aromatic heterocycles. The number of H-pyrrole nitrogens is 1. The lowest BCUT2D eigenvalue weighted by atomic mass is 10.0. The van der Waals surface area contributed by atoms with Gasteiger partial charge in [0, 0.05) is 27.6 Å². The van der Waals surface area contributed by atoms with Crippen LogP contribution >= 0.6 is 11.6 Å². The van der Waals surface area contributed by atoms with Crippen LogP contribution in [-0.4, -0.2) is 23.0 Å². The van der Waals surface area contributed by atoms with Crippen LogP contribution in [0.2, 0.25) is 5.02 Å². The number of rotatable bonds is 2. The van der Waals surface area contributed by atoms with E-state index < -0.39 is 0 Å². The number of carbonyl (C=O) groups is 1. The Balaban J connectivity index is 2.02. The molecule has 0 bridgehead atoms. The van der Waals surface area contributed by atoms with Gasteiger partial charge in [0.15, 0.2) is 0 Å². The molecule has 0 radical (unpaired) electrons. The molecule has 0 spiro atoms. The van der Waals surface area contributed by atoms with Crippen LogP contribution in [-0.2, 0) is 4.74 Å². The molecule has 2 heterocycles. The molecule has 5 heteroatoms. The van der Waals surface area contributed by atoms with E-state index in [9.17, 15) is 4.79 Å². The number of fused-ring (bicyclic) bond motifs is 3. The Labute approximate surface area is 143 Å². The molecule has 1 N–H and O–H groups in total. The van der Waals surface area contributed by atoms with Crippen molar-refractivity contribution in [1.82, 2.24) is 9.97 Å². The van der Waals surface area contributed by atoms with Crippen LogP contribution in [0.25, 0.3) is 33.1 Å². The van der Waals surface area contributed by atoms with Crippen molar-refractivity contribution >= 4 is 39.4 Å². The summed E-state index contributed by atoms with van der Waals surface area (Å²) >= 11 is 5.98. The van der Waals surface area contributed by atoms with E-state index in [1.807, 2.05) is 42.6 Å². The van der Waals surface area contributed by atoms with E-state index in [-0.39, 0.29) is 5.97 Å². The average molecular weight is 337 g/mol. The number of carbonyl (C=O) groups excluding carboxylic acids is 1. The van der Waals surface area contributed by atoms with Gasteiger partial charge in [0.1, 0.15) is 0 Å². The molecule has 0 saturated carbocycles. The lowest BCUT2D eigenvalue weighted by Crippen LogP contribution is -2.01. The van der Waals surface area contributed by atoms with Crippen molar-refractivity contribution in [3.05, 3.63) is 65.3 Å². The number of hydrogen-bond acceptors (Lipinski definition) is 3. The molecule has 4 nitrogen and oxygen atoms in total. The summed E-state index contributed by atoms with van der Waals surface area (Å²) in [4.78, 5) is 19.8. The van der Waals surface area contributed by atoms with Crippen LogP contribution in [0.15, 0.2) is 54.7 Å². The Morgan fingerprint density at radius 3 is 2.62 bits per heavy atom. The highest BCUT2D eigenvalue weighted by Gasteiger charge is 2.13. The Morgan fingerprint density at radius 1 is 1.08 bits per heavy atom. The molecule has 0 aliphatic rings. The Morgan fingerprint density at radius 2 is 1.88 bits per heavy atom. The molecule has 0 unspecified atom stereocenters. The molecule has 0 aliphatic carbocycles. The summed E-state index contributed by atoms with van der Waals surface area (Å²) in [6.07, 6.45) is 1.89. The maximum atomic E-state index is 11.8. The SMILES string of the molecule is COC(=O)c1ccc2c(c1)nc(-c1ccc(Cl)cc1)c1[nH]ccc12. The summed E-state index contributed by atoms with van der Waals surface area (Å²) in [6.45, 7) is 0. The third-order valence-corrected chi connectivity index (χ3v) is 4.29. The van der Waals surface area contributed by atoms with Gasteiger partial charge >= 0.3 is 5.97 Å². The smallest absolute Gasteiger partial charge is 0.337 e. The number of aromatic nitrogens is 2. The highest BCUT2D eigenvalue weighted by molar-refractivity contribution is 6.30. The van der Waals surface area contributed by atoms with Gasteiger partial charge in [0.25, 0.3) is 0 Å². The second kappa shape index (κ2) is 5.65. The van der Waals surface area contributed by atoms with Crippen molar-refractivity contribution in [2.75, 3.05) is 7.11 Å². The fourth-order valence-electron chi connectivity index (χ4n) is 2.88. The summed E-state index contributed by atoms with van der Waals surface area (Å²) < 4.78 is 4.80. The summed E-state index contributed by atoms with van der Waals surface area (Å²) in [7, 11) is 1.37. The molecule has 0 fully saturated rings. The largest absolute Gasteiger partial charge is 0.465 e. The van der Waals surface area contributed by atoms with Crippen molar-refractivity contribution in [3.63, 3.8) is 0 Å². The number of aromatic amines is 1. The first-order valence-electron chi connectivity index (χ1n) is 7.42. The standard InChI is InChI=1S/C19H13ClN2O2/c1-24-19(23)12-4-7-14-15-8-9-21-18(15)17(22-16(14)10-12)11-2-5-13(20)6-3-11/h2-10,21H,1H3. The Hall–Kier alpha value is -2.85. The molecule has 118 valence electrons. The number of nitrogens with one attached hydrogen (secondary N) is 1. The van der Waals surface area contributed by atoms with Gasteiger partial charge in [-0.05, 0) is 30.3 Å². The summed E-state index contributed by atoms with van der Waals surface area (Å²) in [5, 5.41) is 2.72. The average Bonchev–Trinajstić information content (AvgIpc) is 3.10. The van der Waals surface area contributed by atoms with Crippen LogP contribution in [0.4, 0.5) is 0 Å². The highest BCUT2D eigenvalue weighted by atomic mass is 35.5. The number of esters is 1. The summed E-state index contributed by atoms with van der Waals surface area (Å²) in [6, 6.07) is 15.0. The van der Waals surface area contributed by atoms with Gasteiger partial charge in [-0.1, -0.05) is 29.8 Å². The van der Waals surface area contributed by atoms with Crippen molar-refractivity contribution in [1.29, 1.82) is 0 Å². The zero-order valence-electron chi connectivity index (χ0n) is 12.8. The third kappa shape index (κ3) is 2.32. The van der Waals surface area contributed by atoms with Crippen molar-refractivity contribution in [2.24, 2.45) is 0 Å². The van der Waals surface area contributed by atoms with Crippen LogP contribution in [0.1, 0.15) is 10.4 Å². The number of halogens is 1. The third-order valence-electron chi connectivity index (χ3n) is 4.04. The fraction of sp³-hybridized carbons (Fsp3) is 0.0526. The van der Waals surface area contributed by atoms with Gasteiger partial charge in [-0.2, -0.15) is 0 Å². The Kier molecular flexibility index (Phi) is 3.47. The van der Waals surface area contributed by atoms with Crippen molar-refractivity contribution in [3.8, 4) is 11.3 Å². The van der Waals surface area contributed by atoms with Crippen molar-refractivity contribution in [2.45, 2.75) is 0 Å². The zero-order chi connectivity index (χ0) is 16.7. The minimum atomic E-state index is -0.374. The van der Waals surface area contributed by atoms with E-state index in [0.29, 0.717) is 10.6 Å². The van der Waals surface area contributed by atoms with Crippen LogP contribution in [0.5, 0.6) is 0 Å². The fourth-order valence-corrected chi connectivity index (χ4v) is 3.01. The van der Waals surface area contributed by atoms with E-state index in [4.69, 9.17) is 21.3 Å². The van der Waals surface area contributed by atoms with Crippen LogP contribution in [0.3, 0.4) is 0 Å². The number of hydrogen-bond donors (Lipinski definition) is 1. The monoisotopic (exact) mass is 336 g/mol. The summed E-state index contributed by atoms with van der Waals surface area (Å²) in [5.74, 6) is -0.374. The quantitative estimate of drug-likeness (QED) is 0.534. The van der Waals surface area contributed by atoms with Gasteiger partial charge in [-0.3, -0.25) is 0 Å². The number of benzene rings is 2. The van der Waals surface area contributed by atoms with Gasteiger partial charge < -0.3 is 9.72 Å². The first-order valence-corrected chi connectivity index (χ1v) is 7.80. The number of pyridine rings is 1. The molecular formula is C19H13ClN2O2. The second-order valence-corrected chi connectivity index (χ2v) is 5.89. The van der Waals surface area contributed by atoms with Gasteiger partial charge in [0.05, 0.1) is 29.4 Å². The molecule has 4 aromatic rings. The topological polar surface area (TPSA) is 55.0 Å². The van der Waals surface area contributed by atoms with E-state index in [2.05, 4.69) is 4.98 Å². The lowest BCUT2D eigenvalue weighted by molar-refractivity contribution is 0.0601. The van der Waals surface area contributed by atoms with Crippen LogP contribution in [0, 0.1) is 0 Å². The highest BCUT2D eigenvalue weighted by Crippen LogP contribution is 2.32. The van der Waals surface area contributed by atoms with Gasteiger partial charge in [-0.15, -0.1) is 0 Å².